The van der Waals surface area contributed by atoms with E-state index in [0.717, 1.165) is 12.5 Å². The van der Waals surface area contributed by atoms with Gasteiger partial charge in [-0.05, 0) is 18.8 Å². The Morgan fingerprint density at radius 3 is 2.86 bits per heavy atom. The van der Waals surface area contributed by atoms with Crippen molar-refractivity contribution in [3.8, 4) is 0 Å². The van der Waals surface area contributed by atoms with Crippen molar-refractivity contribution < 1.29 is 4.79 Å². The SMILES string of the molecule is NCCC(=O)N1CC2CCCCCC21. The molecule has 0 radical (unpaired) electrons. The molecule has 0 spiro atoms. The van der Waals surface area contributed by atoms with Crippen LogP contribution in [0.4, 0.5) is 0 Å². The van der Waals surface area contributed by atoms with Gasteiger partial charge in [0.2, 0.25) is 5.91 Å². The van der Waals surface area contributed by atoms with Gasteiger partial charge in [0.05, 0.1) is 0 Å². The van der Waals surface area contributed by atoms with Gasteiger partial charge in [-0.25, -0.2) is 0 Å². The van der Waals surface area contributed by atoms with Gasteiger partial charge in [-0.15, -0.1) is 0 Å². The molecule has 3 heteroatoms. The fourth-order valence-electron chi connectivity index (χ4n) is 2.79. The molecule has 1 aliphatic heterocycles. The van der Waals surface area contributed by atoms with Crippen LogP contribution in [0.1, 0.15) is 38.5 Å². The summed E-state index contributed by atoms with van der Waals surface area (Å²) < 4.78 is 0. The maximum atomic E-state index is 11.6. The molecule has 1 heterocycles. The number of likely N-dealkylation sites (tertiary alicyclic amines) is 1. The lowest BCUT2D eigenvalue weighted by molar-refractivity contribution is -0.143. The van der Waals surface area contributed by atoms with Crippen LogP contribution in [0.5, 0.6) is 0 Å². The molecule has 2 aliphatic rings. The molecule has 80 valence electrons. The molecule has 1 amide bonds. The Kier molecular flexibility index (Phi) is 3.06. The number of carbonyl (C=O) groups is 1. The maximum absolute atomic E-state index is 11.6. The summed E-state index contributed by atoms with van der Waals surface area (Å²) in [6.07, 6.45) is 7.10. The standard InChI is InChI=1S/C11H20N2O/c12-7-6-11(14)13-8-9-4-2-1-3-5-10(9)13/h9-10H,1-8,12H2. The van der Waals surface area contributed by atoms with E-state index >= 15 is 0 Å². The van der Waals surface area contributed by atoms with E-state index in [1.54, 1.807) is 0 Å². The van der Waals surface area contributed by atoms with Gasteiger partial charge in [0.25, 0.3) is 0 Å². The zero-order valence-corrected chi connectivity index (χ0v) is 8.74. The topological polar surface area (TPSA) is 46.3 Å². The second-order valence-electron chi connectivity index (χ2n) is 4.55. The number of hydrogen-bond donors (Lipinski definition) is 1. The molecule has 1 saturated carbocycles. The van der Waals surface area contributed by atoms with E-state index in [-0.39, 0.29) is 5.91 Å². The van der Waals surface area contributed by atoms with Gasteiger partial charge < -0.3 is 10.6 Å². The van der Waals surface area contributed by atoms with E-state index in [2.05, 4.69) is 4.90 Å². The molecule has 1 aliphatic carbocycles. The third-order valence-electron chi connectivity index (χ3n) is 3.63. The molecule has 2 atom stereocenters. The third kappa shape index (κ3) is 1.78. The highest BCUT2D eigenvalue weighted by Crippen LogP contribution is 2.36. The molecule has 0 aromatic heterocycles. The summed E-state index contributed by atoms with van der Waals surface area (Å²) in [7, 11) is 0. The highest BCUT2D eigenvalue weighted by molar-refractivity contribution is 5.77. The Labute approximate surface area is 85.6 Å². The lowest BCUT2D eigenvalue weighted by atomic mass is 9.84. The van der Waals surface area contributed by atoms with Crippen molar-refractivity contribution in [1.29, 1.82) is 0 Å². The molecular weight excluding hydrogens is 176 g/mol. The number of carbonyl (C=O) groups excluding carboxylic acids is 1. The Hall–Kier alpha value is -0.570. The Balaban J connectivity index is 1.88. The van der Waals surface area contributed by atoms with Gasteiger partial charge in [0.15, 0.2) is 0 Å². The van der Waals surface area contributed by atoms with Crippen LogP contribution in [0.15, 0.2) is 0 Å². The van der Waals surface area contributed by atoms with Gasteiger partial charge in [-0.1, -0.05) is 19.3 Å². The predicted molar refractivity (Wildman–Crippen MR) is 55.7 cm³/mol. The fraction of sp³-hybridized carbons (Fsp3) is 0.909. The molecule has 2 rings (SSSR count). The van der Waals surface area contributed by atoms with Gasteiger partial charge >= 0.3 is 0 Å². The molecule has 0 bridgehead atoms. The van der Waals surface area contributed by atoms with E-state index in [4.69, 9.17) is 5.73 Å². The quantitative estimate of drug-likeness (QED) is 0.719. The van der Waals surface area contributed by atoms with Crippen molar-refractivity contribution in [2.75, 3.05) is 13.1 Å². The number of rotatable bonds is 2. The summed E-state index contributed by atoms with van der Waals surface area (Å²) in [6.45, 7) is 1.50. The van der Waals surface area contributed by atoms with Crippen LogP contribution < -0.4 is 5.73 Å². The number of fused-ring (bicyclic) bond motifs is 1. The molecule has 0 aromatic carbocycles. The Morgan fingerprint density at radius 1 is 1.29 bits per heavy atom. The van der Waals surface area contributed by atoms with E-state index in [9.17, 15) is 4.79 Å². The third-order valence-corrected chi connectivity index (χ3v) is 3.63. The molecule has 2 fully saturated rings. The number of nitrogens with zero attached hydrogens (tertiary/aromatic N) is 1. The average Bonchev–Trinajstić information content (AvgIpc) is 2.29. The molecule has 14 heavy (non-hydrogen) atoms. The highest BCUT2D eigenvalue weighted by atomic mass is 16.2. The molecule has 1 saturated heterocycles. The van der Waals surface area contributed by atoms with Crippen molar-refractivity contribution in [3.05, 3.63) is 0 Å². The summed E-state index contributed by atoms with van der Waals surface area (Å²) in [6, 6.07) is 0.566. The number of amides is 1. The Morgan fingerprint density at radius 2 is 2.07 bits per heavy atom. The summed E-state index contributed by atoms with van der Waals surface area (Å²) in [5.74, 6) is 1.08. The largest absolute Gasteiger partial charge is 0.339 e. The maximum Gasteiger partial charge on any atom is 0.224 e. The average molecular weight is 196 g/mol. The molecule has 3 nitrogen and oxygen atoms in total. The molecular formula is C11H20N2O. The molecule has 2 N–H and O–H groups in total. The minimum absolute atomic E-state index is 0.274. The van der Waals surface area contributed by atoms with E-state index in [1.165, 1.54) is 32.1 Å². The first-order valence-electron chi connectivity index (χ1n) is 5.82. The zero-order chi connectivity index (χ0) is 9.97. The van der Waals surface area contributed by atoms with Crippen molar-refractivity contribution >= 4 is 5.91 Å². The zero-order valence-electron chi connectivity index (χ0n) is 8.74. The van der Waals surface area contributed by atoms with Crippen molar-refractivity contribution in [2.24, 2.45) is 11.7 Å². The van der Waals surface area contributed by atoms with Crippen molar-refractivity contribution in [2.45, 2.75) is 44.6 Å². The van der Waals surface area contributed by atoms with Gasteiger partial charge in [0, 0.05) is 25.6 Å². The summed E-state index contributed by atoms with van der Waals surface area (Å²) in [5, 5.41) is 0. The van der Waals surface area contributed by atoms with Crippen LogP contribution in [0.25, 0.3) is 0 Å². The normalized spacial score (nSPS) is 31.6. The molecule has 0 aromatic rings. The van der Waals surface area contributed by atoms with Crippen molar-refractivity contribution in [1.82, 2.24) is 4.90 Å². The van der Waals surface area contributed by atoms with Crippen LogP contribution in [-0.2, 0) is 4.79 Å². The first-order chi connectivity index (χ1) is 6.83. The second kappa shape index (κ2) is 4.30. The van der Waals surface area contributed by atoms with Gasteiger partial charge in [-0.2, -0.15) is 0 Å². The Bertz CT molecular complexity index is 217. The number of hydrogen-bond acceptors (Lipinski definition) is 2. The van der Waals surface area contributed by atoms with E-state index in [0.29, 0.717) is 19.0 Å². The minimum Gasteiger partial charge on any atom is -0.339 e. The second-order valence-corrected chi connectivity index (χ2v) is 4.55. The number of nitrogens with two attached hydrogens (primary N) is 1. The predicted octanol–water partition coefficient (Wildman–Crippen LogP) is 1.13. The smallest absolute Gasteiger partial charge is 0.224 e. The van der Waals surface area contributed by atoms with E-state index in [1.807, 2.05) is 0 Å². The lowest BCUT2D eigenvalue weighted by Gasteiger charge is -2.48. The molecule has 2 unspecified atom stereocenters. The summed E-state index contributed by atoms with van der Waals surface area (Å²) >= 11 is 0. The lowest BCUT2D eigenvalue weighted by Crippen LogP contribution is -2.58. The summed E-state index contributed by atoms with van der Waals surface area (Å²) in [4.78, 5) is 13.7. The first kappa shape index (κ1) is 9.97. The monoisotopic (exact) mass is 196 g/mol. The first-order valence-corrected chi connectivity index (χ1v) is 5.82. The van der Waals surface area contributed by atoms with Crippen LogP contribution in [0.2, 0.25) is 0 Å². The van der Waals surface area contributed by atoms with Crippen LogP contribution in [0, 0.1) is 5.92 Å². The summed E-state index contributed by atoms with van der Waals surface area (Å²) in [5.41, 5.74) is 5.40. The highest BCUT2D eigenvalue weighted by Gasteiger charge is 2.40. The van der Waals surface area contributed by atoms with Crippen molar-refractivity contribution in [3.63, 3.8) is 0 Å². The van der Waals surface area contributed by atoms with Crippen LogP contribution >= 0.6 is 0 Å². The van der Waals surface area contributed by atoms with Gasteiger partial charge in [-0.3, -0.25) is 4.79 Å². The fourth-order valence-corrected chi connectivity index (χ4v) is 2.79. The van der Waals surface area contributed by atoms with Crippen LogP contribution in [0.3, 0.4) is 0 Å². The van der Waals surface area contributed by atoms with Gasteiger partial charge in [0.1, 0.15) is 0 Å². The van der Waals surface area contributed by atoms with Crippen LogP contribution in [-0.4, -0.2) is 29.9 Å². The minimum atomic E-state index is 0.274. The van der Waals surface area contributed by atoms with E-state index < -0.39 is 0 Å².